The Morgan fingerprint density at radius 1 is 0.923 bits per heavy atom. The zero-order valence-electron chi connectivity index (χ0n) is 14.9. The van der Waals surface area contributed by atoms with Crippen LogP contribution in [0.1, 0.15) is 29.0 Å². The Labute approximate surface area is 154 Å². The molecule has 3 aromatic carbocycles. The average molecular weight is 344 g/mol. The average Bonchev–Trinajstić information content (AvgIpc) is 3.34. The molecule has 4 rings (SSSR count). The minimum atomic E-state index is 0.0638. The van der Waals surface area contributed by atoms with Crippen molar-refractivity contribution >= 4 is 5.69 Å². The Bertz CT molecular complexity index is 850. The van der Waals surface area contributed by atoms with E-state index in [-0.39, 0.29) is 12.3 Å². The normalized spacial score (nSPS) is 22.7. The molecule has 0 spiro atoms. The zero-order chi connectivity index (χ0) is 17.9. The van der Waals surface area contributed by atoms with Crippen molar-refractivity contribution in [1.82, 2.24) is 15.3 Å². The van der Waals surface area contributed by atoms with Gasteiger partial charge in [0.2, 0.25) is 0 Å². The molecular formula is C22H24N4. The molecule has 3 aromatic rings. The quantitative estimate of drug-likeness (QED) is 0.525. The summed E-state index contributed by atoms with van der Waals surface area (Å²) in [5.41, 5.74) is 10.6. The maximum atomic E-state index is 6.04. The maximum absolute atomic E-state index is 6.04. The minimum Gasteiger partial charge on any atom is -0.399 e. The third-order valence-corrected chi connectivity index (χ3v) is 4.85. The predicted molar refractivity (Wildman–Crippen MR) is 106 cm³/mol. The van der Waals surface area contributed by atoms with Crippen molar-refractivity contribution in [3.63, 3.8) is 0 Å². The molecule has 3 N–H and O–H groups in total. The molecule has 0 aromatic heterocycles. The van der Waals surface area contributed by atoms with Crippen molar-refractivity contribution in [2.24, 2.45) is 0 Å². The number of nitrogens with zero attached hydrogens (tertiary/aromatic N) is 2. The van der Waals surface area contributed by atoms with Gasteiger partial charge in [-0.3, -0.25) is 5.32 Å². The molecule has 1 aliphatic heterocycles. The van der Waals surface area contributed by atoms with Gasteiger partial charge in [0.05, 0.1) is 0 Å². The number of benzene rings is 3. The molecule has 132 valence electrons. The van der Waals surface area contributed by atoms with Crippen molar-refractivity contribution in [2.75, 3.05) is 12.8 Å². The third-order valence-electron chi connectivity index (χ3n) is 4.85. The van der Waals surface area contributed by atoms with E-state index < -0.39 is 0 Å². The summed E-state index contributed by atoms with van der Waals surface area (Å²) in [7, 11) is 2.13. The van der Waals surface area contributed by atoms with Crippen LogP contribution in [0.3, 0.4) is 0 Å². The number of hydrogen-bond donors (Lipinski definition) is 2. The van der Waals surface area contributed by atoms with Gasteiger partial charge in [-0.25, -0.2) is 5.01 Å². The molecule has 0 aliphatic carbocycles. The first-order valence-corrected chi connectivity index (χ1v) is 8.93. The summed E-state index contributed by atoms with van der Waals surface area (Å²) in [6.07, 6.45) is 0.333. The van der Waals surface area contributed by atoms with Crippen LogP contribution in [0.15, 0.2) is 84.9 Å². The van der Waals surface area contributed by atoms with Gasteiger partial charge in [0.1, 0.15) is 12.3 Å². The molecule has 4 heteroatoms. The molecule has 1 fully saturated rings. The van der Waals surface area contributed by atoms with Crippen LogP contribution in [0.25, 0.3) is 0 Å². The highest BCUT2D eigenvalue weighted by Crippen LogP contribution is 2.45. The van der Waals surface area contributed by atoms with Crippen molar-refractivity contribution in [3.05, 3.63) is 102 Å². The van der Waals surface area contributed by atoms with E-state index in [1.54, 1.807) is 0 Å². The van der Waals surface area contributed by atoms with Crippen LogP contribution in [-0.4, -0.2) is 17.1 Å². The van der Waals surface area contributed by atoms with Gasteiger partial charge in [-0.15, -0.1) is 0 Å². The number of hydrazine groups is 1. The zero-order valence-corrected chi connectivity index (χ0v) is 14.9. The van der Waals surface area contributed by atoms with Gasteiger partial charge in [0.15, 0.2) is 0 Å². The molecule has 26 heavy (non-hydrogen) atoms. The molecule has 4 unspecified atom stereocenters. The van der Waals surface area contributed by atoms with E-state index in [0.717, 1.165) is 12.2 Å². The van der Waals surface area contributed by atoms with E-state index in [9.17, 15) is 0 Å². The topological polar surface area (TPSA) is 44.1 Å². The first kappa shape index (κ1) is 16.8. The van der Waals surface area contributed by atoms with Crippen LogP contribution < -0.4 is 11.1 Å². The fourth-order valence-corrected chi connectivity index (χ4v) is 3.49. The Kier molecular flexibility index (Phi) is 4.71. The second-order valence-electron chi connectivity index (χ2n) is 6.68. The fourth-order valence-electron chi connectivity index (χ4n) is 3.49. The van der Waals surface area contributed by atoms with E-state index in [1.165, 1.54) is 16.7 Å². The third kappa shape index (κ3) is 3.48. The van der Waals surface area contributed by atoms with Crippen LogP contribution in [0, 0.1) is 0 Å². The first-order chi connectivity index (χ1) is 12.7. The Morgan fingerprint density at radius 3 is 2.31 bits per heavy atom. The van der Waals surface area contributed by atoms with Gasteiger partial charge < -0.3 is 5.73 Å². The van der Waals surface area contributed by atoms with Crippen LogP contribution in [0.5, 0.6) is 0 Å². The first-order valence-electron chi connectivity index (χ1n) is 8.93. The highest BCUT2D eigenvalue weighted by Gasteiger charge is 2.48. The van der Waals surface area contributed by atoms with Gasteiger partial charge >= 0.3 is 0 Å². The minimum absolute atomic E-state index is 0.0638. The lowest BCUT2D eigenvalue weighted by atomic mass is 10.1. The predicted octanol–water partition coefficient (Wildman–Crippen LogP) is 3.92. The van der Waals surface area contributed by atoms with E-state index in [4.69, 9.17) is 5.73 Å². The molecule has 0 saturated carbocycles. The van der Waals surface area contributed by atoms with Gasteiger partial charge in [0.25, 0.3) is 0 Å². The Morgan fingerprint density at radius 2 is 1.62 bits per heavy atom. The van der Waals surface area contributed by atoms with Gasteiger partial charge in [-0.2, -0.15) is 5.01 Å². The van der Waals surface area contributed by atoms with Crippen molar-refractivity contribution in [2.45, 2.75) is 18.9 Å². The molecule has 0 radical (unpaired) electrons. The second-order valence-corrected chi connectivity index (χ2v) is 6.68. The summed E-state index contributed by atoms with van der Waals surface area (Å²) >= 11 is 0. The number of anilines is 1. The fraction of sp³-hybridized carbons (Fsp3) is 0.182. The summed E-state index contributed by atoms with van der Waals surface area (Å²) in [5, 5.41) is 8.32. The van der Waals surface area contributed by atoms with Crippen molar-refractivity contribution in [3.8, 4) is 0 Å². The molecule has 4 atom stereocenters. The molecule has 1 aliphatic rings. The Hall–Kier alpha value is -2.66. The Balaban J connectivity index is 1.59. The van der Waals surface area contributed by atoms with Gasteiger partial charge in [-0.1, -0.05) is 72.8 Å². The van der Waals surface area contributed by atoms with E-state index in [0.29, 0.717) is 0 Å². The standard InChI is InChI=1S/C22H24N4/c1-25-22(18-11-6-3-7-12-18)26(25)21(19-13-8-14-20(23)15-19)24-16-17-9-4-2-5-10-17/h2-15,21-22,24H,16,23H2,1H3. The molecule has 0 bridgehead atoms. The van der Waals surface area contributed by atoms with Gasteiger partial charge in [-0.05, 0) is 28.8 Å². The molecule has 0 amide bonds. The second kappa shape index (κ2) is 7.30. The maximum Gasteiger partial charge on any atom is 0.117 e. The van der Waals surface area contributed by atoms with E-state index in [1.807, 2.05) is 18.2 Å². The van der Waals surface area contributed by atoms with Crippen molar-refractivity contribution < 1.29 is 0 Å². The number of nitrogens with two attached hydrogens (primary N) is 1. The highest BCUT2D eigenvalue weighted by molar-refractivity contribution is 5.42. The number of nitrogens with one attached hydrogen (secondary N) is 1. The summed E-state index contributed by atoms with van der Waals surface area (Å²) in [4.78, 5) is 0. The number of rotatable bonds is 6. The lowest BCUT2D eigenvalue weighted by Crippen LogP contribution is -2.29. The molecular weight excluding hydrogens is 320 g/mol. The van der Waals surface area contributed by atoms with Crippen LogP contribution in [-0.2, 0) is 6.54 Å². The highest BCUT2D eigenvalue weighted by atomic mass is 15.9. The smallest absolute Gasteiger partial charge is 0.117 e. The molecule has 4 nitrogen and oxygen atoms in total. The van der Waals surface area contributed by atoms with Crippen molar-refractivity contribution in [1.29, 1.82) is 0 Å². The number of hydrogen-bond acceptors (Lipinski definition) is 4. The van der Waals surface area contributed by atoms with Crippen LogP contribution in [0.2, 0.25) is 0 Å². The largest absolute Gasteiger partial charge is 0.399 e. The summed E-state index contributed by atoms with van der Waals surface area (Å²) < 4.78 is 0. The lowest BCUT2D eigenvalue weighted by molar-refractivity contribution is 0.225. The van der Waals surface area contributed by atoms with Crippen LogP contribution in [0.4, 0.5) is 5.69 Å². The summed E-state index contributed by atoms with van der Waals surface area (Å²) in [5.74, 6) is 0. The van der Waals surface area contributed by atoms with Gasteiger partial charge in [0, 0.05) is 19.3 Å². The van der Waals surface area contributed by atoms with Crippen LogP contribution >= 0.6 is 0 Å². The lowest BCUT2D eigenvalue weighted by Gasteiger charge is -2.21. The van der Waals surface area contributed by atoms with E-state index in [2.05, 4.69) is 89.1 Å². The summed E-state index contributed by atoms with van der Waals surface area (Å²) in [6.45, 7) is 0.798. The van der Waals surface area contributed by atoms with E-state index >= 15 is 0 Å². The monoisotopic (exact) mass is 344 g/mol. The SMILES string of the molecule is CN1C(c2ccccc2)N1C(NCc1ccccc1)c1cccc(N)c1. The molecule has 1 saturated heterocycles. The number of nitrogen functional groups attached to an aromatic ring is 1. The summed E-state index contributed by atoms with van der Waals surface area (Å²) in [6, 6.07) is 29.2. The molecule has 1 heterocycles.